The van der Waals surface area contributed by atoms with Crippen LogP contribution in [0.2, 0.25) is 0 Å². The molecule has 0 heterocycles. The first-order chi connectivity index (χ1) is 12.2. The number of amides is 1. The fourth-order valence-electron chi connectivity index (χ4n) is 2.14. The third kappa shape index (κ3) is 5.95. The Morgan fingerprint density at radius 2 is 1.88 bits per heavy atom. The molecule has 0 saturated heterocycles. The van der Waals surface area contributed by atoms with Crippen LogP contribution < -0.4 is 14.9 Å². The van der Waals surface area contributed by atoms with Gasteiger partial charge in [0.2, 0.25) is 0 Å². The number of nitrogens with zero attached hydrogens (tertiary/aromatic N) is 1. The second-order valence-electron chi connectivity index (χ2n) is 5.41. The molecule has 25 heavy (non-hydrogen) atoms. The van der Waals surface area contributed by atoms with Crippen molar-refractivity contribution in [3.05, 3.63) is 59.7 Å². The summed E-state index contributed by atoms with van der Waals surface area (Å²) in [5.74, 6) is 1.15. The Balaban J connectivity index is 2.01. The predicted octanol–water partition coefficient (Wildman–Crippen LogP) is 4.03. The first-order valence-corrected chi connectivity index (χ1v) is 8.52. The summed E-state index contributed by atoms with van der Waals surface area (Å²) in [6.45, 7) is 5.26. The highest BCUT2D eigenvalue weighted by Crippen LogP contribution is 2.28. The van der Waals surface area contributed by atoms with Gasteiger partial charge in [-0.2, -0.15) is 5.10 Å². The van der Waals surface area contributed by atoms with Crippen molar-refractivity contribution in [2.24, 2.45) is 5.10 Å². The van der Waals surface area contributed by atoms with Crippen molar-refractivity contribution in [1.82, 2.24) is 5.43 Å². The van der Waals surface area contributed by atoms with Crippen LogP contribution in [0.15, 0.2) is 53.6 Å². The zero-order valence-electron chi connectivity index (χ0n) is 14.7. The first kappa shape index (κ1) is 18.5. The van der Waals surface area contributed by atoms with E-state index >= 15 is 0 Å². The van der Waals surface area contributed by atoms with Crippen LogP contribution in [0.3, 0.4) is 0 Å². The molecule has 0 aromatic heterocycles. The second kappa shape index (κ2) is 10.1. The zero-order chi connectivity index (χ0) is 17.9. The minimum Gasteiger partial charge on any atom is -0.490 e. The second-order valence-corrected chi connectivity index (χ2v) is 5.41. The molecule has 1 N–H and O–H groups in total. The van der Waals surface area contributed by atoms with Crippen molar-refractivity contribution < 1.29 is 14.3 Å². The molecule has 0 atom stereocenters. The number of rotatable bonds is 9. The SMILES string of the molecule is CCCCOc1ccc(/C=N/NC(=O)c2ccccc2)cc1OCC. The van der Waals surface area contributed by atoms with E-state index in [1.807, 2.05) is 43.3 Å². The fourth-order valence-corrected chi connectivity index (χ4v) is 2.14. The lowest BCUT2D eigenvalue weighted by molar-refractivity contribution is 0.0955. The summed E-state index contributed by atoms with van der Waals surface area (Å²) in [7, 11) is 0. The Hall–Kier alpha value is -2.82. The maximum absolute atomic E-state index is 11.9. The van der Waals surface area contributed by atoms with Gasteiger partial charge in [-0.05, 0) is 49.2 Å². The van der Waals surface area contributed by atoms with E-state index < -0.39 is 0 Å². The first-order valence-electron chi connectivity index (χ1n) is 8.52. The Labute approximate surface area is 148 Å². The van der Waals surface area contributed by atoms with Gasteiger partial charge in [0.15, 0.2) is 11.5 Å². The van der Waals surface area contributed by atoms with Crippen LogP contribution in [-0.4, -0.2) is 25.3 Å². The Morgan fingerprint density at radius 1 is 1.08 bits per heavy atom. The van der Waals surface area contributed by atoms with Crippen LogP contribution in [0.1, 0.15) is 42.6 Å². The standard InChI is InChI=1S/C20H24N2O3/c1-3-5-13-25-18-12-11-16(14-19(18)24-4-2)15-21-22-20(23)17-9-7-6-8-10-17/h6-12,14-15H,3-5,13H2,1-2H3,(H,22,23)/b21-15+. The molecular formula is C20H24N2O3. The van der Waals surface area contributed by atoms with Crippen molar-refractivity contribution in [3.8, 4) is 11.5 Å². The average molecular weight is 340 g/mol. The van der Waals surface area contributed by atoms with Gasteiger partial charge in [0.25, 0.3) is 5.91 Å². The number of carbonyl (C=O) groups is 1. The van der Waals surface area contributed by atoms with E-state index in [4.69, 9.17) is 9.47 Å². The van der Waals surface area contributed by atoms with Crippen molar-refractivity contribution in [2.75, 3.05) is 13.2 Å². The van der Waals surface area contributed by atoms with Gasteiger partial charge >= 0.3 is 0 Å². The van der Waals surface area contributed by atoms with Crippen LogP contribution in [0, 0.1) is 0 Å². The summed E-state index contributed by atoms with van der Waals surface area (Å²) in [5.41, 5.74) is 3.90. The Bertz CT molecular complexity index is 699. The number of benzene rings is 2. The minimum absolute atomic E-state index is 0.249. The lowest BCUT2D eigenvalue weighted by Crippen LogP contribution is -2.17. The van der Waals surface area contributed by atoms with E-state index in [9.17, 15) is 4.79 Å². The number of unbranched alkanes of at least 4 members (excludes halogenated alkanes) is 1. The molecule has 5 nitrogen and oxygen atoms in total. The zero-order valence-corrected chi connectivity index (χ0v) is 14.7. The maximum Gasteiger partial charge on any atom is 0.271 e. The summed E-state index contributed by atoms with van der Waals surface area (Å²) >= 11 is 0. The van der Waals surface area contributed by atoms with Crippen molar-refractivity contribution in [2.45, 2.75) is 26.7 Å². The topological polar surface area (TPSA) is 59.9 Å². The molecule has 0 aliphatic carbocycles. The molecule has 0 radical (unpaired) electrons. The molecule has 0 aliphatic heterocycles. The monoisotopic (exact) mass is 340 g/mol. The molecule has 0 fully saturated rings. The van der Waals surface area contributed by atoms with E-state index in [0.717, 1.165) is 24.2 Å². The number of hydrogen-bond donors (Lipinski definition) is 1. The van der Waals surface area contributed by atoms with Crippen LogP contribution in [0.25, 0.3) is 0 Å². The predicted molar refractivity (Wildman–Crippen MR) is 99.5 cm³/mol. The number of nitrogens with one attached hydrogen (secondary N) is 1. The van der Waals surface area contributed by atoms with Gasteiger partial charge in [0.05, 0.1) is 19.4 Å². The smallest absolute Gasteiger partial charge is 0.271 e. The van der Waals surface area contributed by atoms with Gasteiger partial charge in [0.1, 0.15) is 0 Å². The van der Waals surface area contributed by atoms with Gasteiger partial charge < -0.3 is 9.47 Å². The molecule has 2 aromatic rings. The van der Waals surface area contributed by atoms with Crippen LogP contribution >= 0.6 is 0 Å². The number of hydrogen-bond acceptors (Lipinski definition) is 4. The van der Waals surface area contributed by atoms with Crippen molar-refractivity contribution in [3.63, 3.8) is 0 Å². The molecule has 0 unspecified atom stereocenters. The molecule has 2 aromatic carbocycles. The van der Waals surface area contributed by atoms with E-state index in [1.165, 1.54) is 0 Å². The molecule has 2 rings (SSSR count). The summed E-state index contributed by atoms with van der Waals surface area (Å²) in [6.07, 6.45) is 3.66. The maximum atomic E-state index is 11.9. The lowest BCUT2D eigenvalue weighted by atomic mass is 10.2. The summed E-state index contributed by atoms with van der Waals surface area (Å²) in [5, 5.41) is 4.00. The van der Waals surface area contributed by atoms with Gasteiger partial charge in [-0.3, -0.25) is 4.79 Å². The number of ether oxygens (including phenoxy) is 2. The van der Waals surface area contributed by atoms with Crippen LogP contribution in [0.5, 0.6) is 11.5 Å². The number of hydrazone groups is 1. The average Bonchev–Trinajstić information content (AvgIpc) is 2.64. The quantitative estimate of drug-likeness (QED) is 0.426. The highest BCUT2D eigenvalue weighted by atomic mass is 16.5. The molecule has 132 valence electrons. The normalized spacial score (nSPS) is 10.6. The molecule has 0 saturated carbocycles. The molecule has 0 bridgehead atoms. The number of carbonyl (C=O) groups excluding carboxylic acids is 1. The highest BCUT2D eigenvalue weighted by Gasteiger charge is 2.06. The molecule has 5 heteroatoms. The summed E-state index contributed by atoms with van der Waals surface area (Å²) in [4.78, 5) is 11.9. The van der Waals surface area contributed by atoms with E-state index in [0.29, 0.717) is 24.5 Å². The van der Waals surface area contributed by atoms with E-state index in [2.05, 4.69) is 17.5 Å². The molecular weight excluding hydrogens is 316 g/mol. The van der Waals surface area contributed by atoms with E-state index in [-0.39, 0.29) is 5.91 Å². The molecule has 0 aliphatic rings. The largest absolute Gasteiger partial charge is 0.490 e. The summed E-state index contributed by atoms with van der Waals surface area (Å²) < 4.78 is 11.4. The van der Waals surface area contributed by atoms with Crippen LogP contribution in [0.4, 0.5) is 0 Å². The van der Waals surface area contributed by atoms with Gasteiger partial charge in [0, 0.05) is 5.56 Å². The molecule has 1 amide bonds. The van der Waals surface area contributed by atoms with E-state index in [1.54, 1.807) is 18.3 Å². The third-order valence-electron chi connectivity index (χ3n) is 3.44. The highest BCUT2D eigenvalue weighted by molar-refractivity contribution is 5.94. The third-order valence-corrected chi connectivity index (χ3v) is 3.44. The Morgan fingerprint density at radius 3 is 2.60 bits per heavy atom. The fraction of sp³-hybridized carbons (Fsp3) is 0.300. The molecule has 0 spiro atoms. The minimum atomic E-state index is -0.249. The van der Waals surface area contributed by atoms with Crippen molar-refractivity contribution >= 4 is 12.1 Å². The van der Waals surface area contributed by atoms with Gasteiger partial charge in [-0.15, -0.1) is 0 Å². The lowest BCUT2D eigenvalue weighted by Gasteiger charge is -2.12. The van der Waals surface area contributed by atoms with Crippen molar-refractivity contribution in [1.29, 1.82) is 0 Å². The Kier molecular flexibility index (Phi) is 7.50. The van der Waals surface area contributed by atoms with Gasteiger partial charge in [-0.1, -0.05) is 31.5 Å². The van der Waals surface area contributed by atoms with Crippen LogP contribution in [-0.2, 0) is 0 Å². The van der Waals surface area contributed by atoms with Gasteiger partial charge in [-0.25, -0.2) is 5.43 Å². The summed E-state index contributed by atoms with van der Waals surface area (Å²) in [6, 6.07) is 14.5.